The summed E-state index contributed by atoms with van der Waals surface area (Å²) in [6.07, 6.45) is 0.857. The maximum atomic E-state index is 13.9. The average Bonchev–Trinajstić information content (AvgIpc) is 2.65. The fourth-order valence-electron chi connectivity index (χ4n) is 3.75. The second-order valence-electron chi connectivity index (χ2n) is 7.23. The number of hydrogen-bond acceptors (Lipinski definition) is 4. The Morgan fingerprint density at radius 3 is 2.64 bits per heavy atom. The van der Waals surface area contributed by atoms with Crippen molar-refractivity contribution >= 4 is 11.6 Å². The van der Waals surface area contributed by atoms with Crippen LogP contribution in [0.1, 0.15) is 28.1 Å². The summed E-state index contributed by atoms with van der Waals surface area (Å²) >= 11 is 0. The molecule has 1 aliphatic rings. The number of carbonyl (C=O) groups is 1. The number of nitrogens with zero attached hydrogens (tertiary/aromatic N) is 1. The maximum absolute atomic E-state index is 13.9. The first-order chi connectivity index (χ1) is 13.5. The second kappa shape index (κ2) is 9.01. The van der Waals surface area contributed by atoms with Gasteiger partial charge in [0.25, 0.3) is 5.91 Å². The molecule has 0 unspecified atom stereocenters. The van der Waals surface area contributed by atoms with Crippen LogP contribution in [0, 0.1) is 19.7 Å². The fraction of sp³-hybridized carbons (Fsp3) is 0.429. The predicted molar refractivity (Wildman–Crippen MR) is 106 cm³/mol. The van der Waals surface area contributed by atoms with Gasteiger partial charge in [-0.15, -0.1) is 0 Å². The highest BCUT2D eigenvalue weighted by atomic mass is 19.1. The molecule has 0 atom stereocenters. The number of hydrogen-bond donors (Lipinski definition) is 2. The highest BCUT2D eigenvalue weighted by Gasteiger charge is 2.21. The smallest absolute Gasteiger partial charge is 0.336 e. The lowest BCUT2D eigenvalue weighted by Crippen LogP contribution is -3.15. The summed E-state index contributed by atoms with van der Waals surface area (Å²) in [6, 6.07) is 8.23. The number of amides is 1. The molecular weight excluding hydrogens is 361 g/mol. The Morgan fingerprint density at radius 1 is 1.25 bits per heavy atom. The van der Waals surface area contributed by atoms with Crippen LogP contribution in [0.15, 0.2) is 39.5 Å². The van der Waals surface area contributed by atoms with Crippen LogP contribution in [0.25, 0.3) is 0 Å². The molecule has 28 heavy (non-hydrogen) atoms. The number of anilines is 1. The highest BCUT2D eigenvalue weighted by molar-refractivity contribution is 5.96. The molecule has 150 valence electrons. The number of halogens is 1. The van der Waals surface area contributed by atoms with Crippen molar-refractivity contribution < 1.29 is 18.5 Å². The number of rotatable bonds is 6. The Bertz CT molecular complexity index is 862. The molecule has 1 saturated heterocycles. The zero-order valence-electron chi connectivity index (χ0n) is 16.4. The Morgan fingerprint density at radius 2 is 1.96 bits per heavy atom. The van der Waals surface area contributed by atoms with Gasteiger partial charge in [-0.25, -0.2) is 9.18 Å². The Hall–Kier alpha value is -2.67. The number of benzene rings is 1. The maximum Gasteiger partial charge on any atom is 0.336 e. The van der Waals surface area contributed by atoms with E-state index in [1.54, 1.807) is 19.9 Å². The van der Waals surface area contributed by atoms with E-state index in [0.717, 1.165) is 39.1 Å². The monoisotopic (exact) mass is 388 g/mol. The number of para-hydroxylation sites is 1. The number of quaternary nitrogens is 1. The Balaban J connectivity index is 1.41. The summed E-state index contributed by atoms with van der Waals surface area (Å²) < 4.78 is 18.9. The van der Waals surface area contributed by atoms with E-state index in [9.17, 15) is 14.0 Å². The van der Waals surface area contributed by atoms with Gasteiger partial charge in [-0.3, -0.25) is 4.79 Å². The van der Waals surface area contributed by atoms with Gasteiger partial charge in [0.05, 0.1) is 44.0 Å². The van der Waals surface area contributed by atoms with Crippen LogP contribution >= 0.6 is 0 Å². The summed E-state index contributed by atoms with van der Waals surface area (Å²) in [5, 5.41) is 2.91. The lowest BCUT2D eigenvalue weighted by molar-refractivity contribution is -0.900. The van der Waals surface area contributed by atoms with Crippen molar-refractivity contribution in [1.29, 1.82) is 0 Å². The molecule has 1 aliphatic heterocycles. The molecule has 7 heteroatoms. The van der Waals surface area contributed by atoms with Gasteiger partial charge in [-0.05, 0) is 31.5 Å². The van der Waals surface area contributed by atoms with Crippen LogP contribution in [0.3, 0.4) is 0 Å². The van der Waals surface area contributed by atoms with E-state index in [4.69, 9.17) is 4.42 Å². The third-order valence-corrected chi connectivity index (χ3v) is 5.22. The first kappa shape index (κ1) is 20.1. The van der Waals surface area contributed by atoms with Crippen molar-refractivity contribution in [3.05, 3.63) is 63.5 Å². The van der Waals surface area contributed by atoms with Crippen molar-refractivity contribution in [2.45, 2.75) is 20.3 Å². The van der Waals surface area contributed by atoms with E-state index >= 15 is 0 Å². The van der Waals surface area contributed by atoms with Crippen molar-refractivity contribution in [3.8, 4) is 0 Å². The Kier molecular flexibility index (Phi) is 6.46. The molecular formula is C21H27FN3O3+. The SMILES string of the molecule is Cc1cc(=O)oc(C)c1C(=O)NCCC[NH+]1CCN(c2ccccc2F)CC1. The molecule has 2 N–H and O–H groups in total. The third kappa shape index (κ3) is 4.78. The predicted octanol–water partition coefficient (Wildman–Crippen LogP) is 0.921. The van der Waals surface area contributed by atoms with Crippen LogP contribution in [-0.4, -0.2) is 45.2 Å². The van der Waals surface area contributed by atoms with E-state index in [2.05, 4.69) is 10.2 Å². The lowest BCUT2D eigenvalue weighted by atomic mass is 10.1. The summed E-state index contributed by atoms with van der Waals surface area (Å²) in [5.41, 5.74) is 1.30. The largest absolute Gasteiger partial charge is 0.427 e. The average molecular weight is 388 g/mol. The van der Waals surface area contributed by atoms with Crippen LogP contribution in [-0.2, 0) is 0 Å². The molecule has 2 heterocycles. The standard InChI is InChI=1S/C21H26FN3O3/c1-15-14-19(26)28-16(2)20(15)21(27)23-8-5-9-24-10-12-25(13-11-24)18-7-4-3-6-17(18)22/h3-4,6-7,14H,5,8-13H2,1-2H3,(H,23,27)/p+1. The molecule has 6 nitrogen and oxygen atoms in total. The third-order valence-electron chi connectivity index (χ3n) is 5.22. The number of piperazine rings is 1. The zero-order valence-corrected chi connectivity index (χ0v) is 16.4. The van der Waals surface area contributed by atoms with Crippen molar-refractivity contribution in [2.24, 2.45) is 0 Å². The van der Waals surface area contributed by atoms with Gasteiger partial charge in [0.2, 0.25) is 0 Å². The molecule has 1 fully saturated rings. The highest BCUT2D eigenvalue weighted by Crippen LogP contribution is 2.18. The number of nitrogens with one attached hydrogen (secondary N) is 2. The molecule has 1 amide bonds. The van der Waals surface area contributed by atoms with E-state index in [1.165, 1.54) is 17.0 Å². The summed E-state index contributed by atoms with van der Waals surface area (Å²) in [5.74, 6) is -0.0356. The van der Waals surface area contributed by atoms with Crippen LogP contribution < -0.4 is 20.7 Å². The molecule has 3 rings (SSSR count). The molecule has 1 aromatic heterocycles. The van der Waals surface area contributed by atoms with Crippen molar-refractivity contribution in [2.75, 3.05) is 44.2 Å². The van der Waals surface area contributed by atoms with Crippen LogP contribution in [0.5, 0.6) is 0 Å². The molecule has 0 saturated carbocycles. The Labute approximate surface area is 163 Å². The molecule has 0 aliphatic carbocycles. The first-order valence-corrected chi connectivity index (χ1v) is 9.68. The van der Waals surface area contributed by atoms with Gasteiger partial charge in [0.1, 0.15) is 11.6 Å². The summed E-state index contributed by atoms with van der Waals surface area (Å²) in [4.78, 5) is 27.2. The molecule has 0 radical (unpaired) electrons. The van der Waals surface area contributed by atoms with Crippen molar-refractivity contribution in [1.82, 2.24) is 5.32 Å². The summed E-state index contributed by atoms with van der Waals surface area (Å²) in [7, 11) is 0. The summed E-state index contributed by atoms with van der Waals surface area (Å²) in [6.45, 7) is 8.42. The minimum absolute atomic E-state index is 0.170. The van der Waals surface area contributed by atoms with Gasteiger partial charge in [-0.2, -0.15) is 0 Å². The van der Waals surface area contributed by atoms with Gasteiger partial charge >= 0.3 is 5.63 Å². The van der Waals surface area contributed by atoms with Crippen LogP contribution in [0.4, 0.5) is 10.1 Å². The topological polar surface area (TPSA) is 67.0 Å². The van der Waals surface area contributed by atoms with E-state index in [1.807, 2.05) is 12.1 Å². The fourth-order valence-corrected chi connectivity index (χ4v) is 3.75. The molecule has 0 bridgehead atoms. The number of aryl methyl sites for hydroxylation is 2. The van der Waals surface area contributed by atoms with Gasteiger partial charge < -0.3 is 19.5 Å². The normalized spacial score (nSPS) is 14.9. The quantitative estimate of drug-likeness (QED) is 0.723. The first-order valence-electron chi connectivity index (χ1n) is 9.68. The minimum Gasteiger partial charge on any atom is -0.427 e. The van der Waals surface area contributed by atoms with Crippen LogP contribution in [0.2, 0.25) is 0 Å². The van der Waals surface area contributed by atoms with Gasteiger partial charge in [-0.1, -0.05) is 12.1 Å². The van der Waals surface area contributed by atoms with Gasteiger partial charge in [0, 0.05) is 19.0 Å². The molecule has 1 aromatic carbocycles. The van der Waals surface area contributed by atoms with Gasteiger partial charge in [0.15, 0.2) is 0 Å². The van der Waals surface area contributed by atoms with E-state index in [-0.39, 0.29) is 11.7 Å². The molecule has 2 aromatic rings. The zero-order chi connectivity index (χ0) is 20.1. The number of carbonyl (C=O) groups excluding carboxylic acids is 1. The second-order valence-corrected chi connectivity index (χ2v) is 7.23. The minimum atomic E-state index is -0.440. The van der Waals surface area contributed by atoms with E-state index in [0.29, 0.717) is 29.1 Å². The molecule has 0 spiro atoms. The van der Waals surface area contributed by atoms with E-state index < -0.39 is 5.63 Å². The lowest BCUT2D eigenvalue weighted by Gasteiger charge is -2.33. The van der Waals surface area contributed by atoms with Crippen molar-refractivity contribution in [3.63, 3.8) is 0 Å².